The van der Waals surface area contributed by atoms with Crippen LogP contribution in [0.1, 0.15) is 24.4 Å². The lowest BCUT2D eigenvalue weighted by Gasteiger charge is -2.44. The number of carbonyl (C=O) groups is 2. The minimum Gasteiger partial charge on any atom is -0.497 e. The molecular formula is C32H36FN3O6. The molecule has 222 valence electrons. The van der Waals surface area contributed by atoms with Crippen LogP contribution < -0.4 is 28.7 Å². The first-order valence-corrected chi connectivity index (χ1v) is 13.9. The fourth-order valence-corrected chi connectivity index (χ4v) is 5.95. The predicted molar refractivity (Wildman–Crippen MR) is 157 cm³/mol. The maximum atomic E-state index is 14.4. The Morgan fingerprint density at radius 3 is 2.05 bits per heavy atom. The van der Waals surface area contributed by atoms with E-state index in [4.69, 9.17) is 18.9 Å². The molecule has 2 heterocycles. The van der Waals surface area contributed by atoms with Crippen molar-refractivity contribution in [2.75, 3.05) is 64.4 Å². The van der Waals surface area contributed by atoms with E-state index in [0.717, 1.165) is 5.56 Å². The summed E-state index contributed by atoms with van der Waals surface area (Å²) in [4.78, 5) is 33.3. The van der Waals surface area contributed by atoms with Crippen LogP contribution in [0.25, 0.3) is 0 Å². The Balaban J connectivity index is 1.49. The molecule has 0 radical (unpaired) electrons. The number of methoxy groups -OCH3 is 4. The van der Waals surface area contributed by atoms with Crippen LogP contribution in [0.2, 0.25) is 0 Å². The average molecular weight is 578 g/mol. The van der Waals surface area contributed by atoms with Gasteiger partial charge in [-0.05, 0) is 36.2 Å². The van der Waals surface area contributed by atoms with Crippen LogP contribution in [0.4, 0.5) is 15.8 Å². The van der Waals surface area contributed by atoms with Crippen molar-refractivity contribution in [3.63, 3.8) is 0 Å². The van der Waals surface area contributed by atoms with E-state index in [9.17, 15) is 14.0 Å². The summed E-state index contributed by atoms with van der Waals surface area (Å²) < 4.78 is 36.4. The number of amides is 2. The van der Waals surface area contributed by atoms with Crippen LogP contribution in [-0.4, -0.2) is 71.3 Å². The van der Waals surface area contributed by atoms with Crippen molar-refractivity contribution in [1.29, 1.82) is 0 Å². The summed E-state index contributed by atoms with van der Waals surface area (Å²) in [6.07, 6.45) is 0.609. The Labute approximate surface area is 245 Å². The zero-order chi connectivity index (χ0) is 29.8. The van der Waals surface area contributed by atoms with Gasteiger partial charge in [-0.2, -0.15) is 0 Å². The number of para-hydroxylation sites is 1. The molecule has 0 saturated carbocycles. The molecule has 2 fully saturated rings. The van der Waals surface area contributed by atoms with Crippen molar-refractivity contribution in [3.05, 3.63) is 72.0 Å². The molecule has 0 N–H and O–H groups in total. The largest absolute Gasteiger partial charge is 0.497 e. The van der Waals surface area contributed by atoms with Gasteiger partial charge in [0.15, 0.2) is 11.5 Å². The van der Waals surface area contributed by atoms with Crippen LogP contribution >= 0.6 is 0 Å². The number of hydrogen-bond donors (Lipinski definition) is 0. The number of nitrogens with zero attached hydrogens (tertiary/aromatic N) is 3. The Kier molecular flexibility index (Phi) is 8.70. The number of piperidine rings is 1. The van der Waals surface area contributed by atoms with Gasteiger partial charge >= 0.3 is 0 Å². The van der Waals surface area contributed by atoms with E-state index in [-0.39, 0.29) is 24.1 Å². The molecule has 0 aliphatic carbocycles. The first kappa shape index (κ1) is 29.0. The third-order valence-corrected chi connectivity index (χ3v) is 8.08. The number of benzene rings is 3. The minimum atomic E-state index is -0.586. The number of rotatable bonds is 8. The van der Waals surface area contributed by atoms with Gasteiger partial charge in [0.1, 0.15) is 11.6 Å². The fraction of sp³-hybridized carbons (Fsp3) is 0.375. The van der Waals surface area contributed by atoms with Crippen LogP contribution in [0.5, 0.6) is 23.0 Å². The van der Waals surface area contributed by atoms with Gasteiger partial charge in [-0.3, -0.25) is 9.59 Å². The SMILES string of the molecule is COc1ccc(C2C(C(=O)N3CCN(c4ccccc4F)CC3)CCC(=O)N2c2cc(OC)c(OC)c(OC)c2)cc1. The molecule has 2 aliphatic rings. The third-order valence-electron chi connectivity index (χ3n) is 8.08. The highest BCUT2D eigenvalue weighted by Gasteiger charge is 2.44. The molecule has 0 bridgehead atoms. The zero-order valence-electron chi connectivity index (χ0n) is 24.3. The van der Waals surface area contributed by atoms with E-state index in [1.54, 1.807) is 36.3 Å². The monoisotopic (exact) mass is 577 g/mol. The van der Waals surface area contributed by atoms with E-state index in [1.807, 2.05) is 40.1 Å². The second-order valence-corrected chi connectivity index (χ2v) is 10.3. The highest BCUT2D eigenvalue weighted by atomic mass is 19.1. The smallest absolute Gasteiger partial charge is 0.228 e. The van der Waals surface area contributed by atoms with Gasteiger partial charge in [-0.15, -0.1) is 0 Å². The summed E-state index contributed by atoms with van der Waals surface area (Å²) in [5.74, 6) is 0.977. The van der Waals surface area contributed by atoms with Gasteiger partial charge < -0.3 is 33.6 Å². The molecule has 2 atom stereocenters. The Morgan fingerprint density at radius 1 is 0.833 bits per heavy atom. The molecule has 2 saturated heterocycles. The molecule has 2 aliphatic heterocycles. The van der Waals surface area contributed by atoms with Crippen molar-refractivity contribution >= 4 is 23.2 Å². The number of halogens is 1. The zero-order valence-corrected chi connectivity index (χ0v) is 24.3. The number of piperazine rings is 1. The lowest BCUT2D eigenvalue weighted by molar-refractivity contribution is -0.138. The molecule has 10 heteroatoms. The predicted octanol–water partition coefficient (Wildman–Crippen LogP) is 4.69. The normalized spacial score (nSPS) is 19.0. The molecule has 5 rings (SSSR count). The summed E-state index contributed by atoms with van der Waals surface area (Å²) >= 11 is 0. The van der Waals surface area contributed by atoms with Gasteiger partial charge in [-0.25, -0.2) is 4.39 Å². The summed E-state index contributed by atoms with van der Waals surface area (Å²) in [6.45, 7) is 1.94. The summed E-state index contributed by atoms with van der Waals surface area (Å²) in [5, 5.41) is 0. The maximum absolute atomic E-state index is 14.4. The lowest BCUT2D eigenvalue weighted by Crippen LogP contribution is -2.54. The van der Waals surface area contributed by atoms with Crippen molar-refractivity contribution in [2.45, 2.75) is 18.9 Å². The van der Waals surface area contributed by atoms with Crippen LogP contribution in [0.15, 0.2) is 60.7 Å². The molecule has 42 heavy (non-hydrogen) atoms. The van der Waals surface area contributed by atoms with E-state index in [2.05, 4.69) is 0 Å². The number of ether oxygens (including phenoxy) is 4. The molecule has 9 nitrogen and oxygen atoms in total. The first-order chi connectivity index (χ1) is 20.4. The maximum Gasteiger partial charge on any atom is 0.228 e. The summed E-state index contributed by atoms with van der Waals surface area (Å²) in [7, 11) is 6.15. The topological polar surface area (TPSA) is 80.8 Å². The van der Waals surface area contributed by atoms with E-state index in [1.165, 1.54) is 27.4 Å². The van der Waals surface area contributed by atoms with Gasteiger partial charge in [0.25, 0.3) is 0 Å². The fourth-order valence-electron chi connectivity index (χ4n) is 5.95. The van der Waals surface area contributed by atoms with Crippen LogP contribution in [0, 0.1) is 11.7 Å². The van der Waals surface area contributed by atoms with Crippen LogP contribution in [-0.2, 0) is 9.59 Å². The Morgan fingerprint density at radius 2 is 1.48 bits per heavy atom. The molecule has 3 aromatic rings. The summed E-state index contributed by atoms with van der Waals surface area (Å²) in [5.41, 5.74) is 1.88. The third kappa shape index (κ3) is 5.53. The van der Waals surface area contributed by atoms with Gasteiger partial charge in [0.2, 0.25) is 17.6 Å². The molecule has 0 spiro atoms. The molecule has 0 aromatic heterocycles. The highest BCUT2D eigenvalue weighted by molar-refractivity contribution is 5.98. The quantitative estimate of drug-likeness (QED) is 0.384. The Bertz CT molecular complexity index is 1400. The average Bonchev–Trinajstić information content (AvgIpc) is 3.04. The lowest BCUT2D eigenvalue weighted by atomic mass is 9.82. The van der Waals surface area contributed by atoms with Gasteiger partial charge in [-0.1, -0.05) is 24.3 Å². The van der Waals surface area contributed by atoms with Crippen molar-refractivity contribution < 1.29 is 32.9 Å². The minimum absolute atomic E-state index is 0.0334. The number of anilines is 2. The van der Waals surface area contributed by atoms with Crippen molar-refractivity contribution in [2.24, 2.45) is 5.92 Å². The van der Waals surface area contributed by atoms with Gasteiger partial charge in [0, 0.05) is 44.7 Å². The second-order valence-electron chi connectivity index (χ2n) is 10.3. The van der Waals surface area contributed by atoms with E-state index in [0.29, 0.717) is 67.0 Å². The standard InChI is InChI=1S/C32H36FN3O6/c1-39-23-11-9-21(10-12-23)30-24(32(38)35-17-15-34(16-18-35)26-8-6-5-7-25(26)33)13-14-29(37)36(30)22-19-27(40-2)31(42-4)28(20-22)41-3/h5-12,19-20,24,30H,13-18H2,1-4H3. The number of carbonyl (C=O) groups excluding carboxylic acids is 2. The van der Waals surface area contributed by atoms with Crippen molar-refractivity contribution in [3.8, 4) is 23.0 Å². The first-order valence-electron chi connectivity index (χ1n) is 13.9. The molecule has 2 amide bonds. The van der Waals surface area contributed by atoms with Crippen LogP contribution in [0.3, 0.4) is 0 Å². The second kappa shape index (κ2) is 12.6. The van der Waals surface area contributed by atoms with E-state index < -0.39 is 12.0 Å². The highest BCUT2D eigenvalue weighted by Crippen LogP contribution is 2.46. The Hall–Kier alpha value is -4.47. The molecule has 2 unspecified atom stereocenters. The van der Waals surface area contributed by atoms with Gasteiger partial charge in [0.05, 0.1) is 51.8 Å². The number of hydrogen-bond acceptors (Lipinski definition) is 7. The summed E-state index contributed by atoms with van der Waals surface area (Å²) in [6, 6.07) is 17.0. The molecular weight excluding hydrogens is 541 g/mol. The van der Waals surface area contributed by atoms with Crippen molar-refractivity contribution in [1.82, 2.24) is 4.90 Å². The van der Waals surface area contributed by atoms with E-state index >= 15 is 0 Å². The molecule has 3 aromatic carbocycles.